The predicted octanol–water partition coefficient (Wildman–Crippen LogP) is 5.29. The molecule has 1 aromatic carbocycles. The minimum Gasteiger partial charge on any atom is -0.493 e. The van der Waals surface area contributed by atoms with Crippen LogP contribution in [0.2, 0.25) is 0 Å². The minimum absolute atomic E-state index is 0.0969. The molecule has 0 radical (unpaired) electrons. The van der Waals surface area contributed by atoms with Crippen molar-refractivity contribution < 1.29 is 17.9 Å². The van der Waals surface area contributed by atoms with Gasteiger partial charge in [-0.2, -0.15) is 18.3 Å². The summed E-state index contributed by atoms with van der Waals surface area (Å²) in [7, 11) is 1.59. The van der Waals surface area contributed by atoms with Gasteiger partial charge < -0.3 is 4.74 Å². The van der Waals surface area contributed by atoms with Crippen LogP contribution in [-0.4, -0.2) is 36.4 Å². The molecule has 4 heterocycles. The van der Waals surface area contributed by atoms with Gasteiger partial charge in [-0.25, -0.2) is 19.6 Å². The number of hydrogen-bond donors (Lipinski definition) is 0. The van der Waals surface area contributed by atoms with E-state index >= 15 is 0 Å². The fraction of sp³-hybridized carbons (Fsp3) is 0.280. The van der Waals surface area contributed by atoms with Crippen LogP contribution < -0.4 is 4.74 Å². The Hall–Kier alpha value is -3.95. The number of aryl methyl sites for hydroxylation is 2. The van der Waals surface area contributed by atoms with Crippen LogP contribution in [0.25, 0.3) is 18.0 Å². The molecule has 10 heteroatoms. The predicted molar refractivity (Wildman–Crippen MR) is 124 cm³/mol. The molecule has 0 bridgehead atoms. The molecule has 0 saturated carbocycles. The van der Waals surface area contributed by atoms with Gasteiger partial charge in [-0.05, 0) is 61.2 Å². The number of ether oxygens (including phenoxy) is 1. The lowest BCUT2D eigenvalue weighted by atomic mass is 9.90. The Morgan fingerprint density at radius 2 is 1.91 bits per heavy atom. The molecule has 4 aromatic rings. The number of nitrogens with zero attached hydrogens (tertiary/aromatic N) is 6. The molecule has 0 unspecified atom stereocenters. The molecule has 5 rings (SSSR count). The van der Waals surface area contributed by atoms with Crippen molar-refractivity contribution in [1.82, 2.24) is 29.3 Å². The van der Waals surface area contributed by atoms with E-state index in [1.54, 1.807) is 30.3 Å². The van der Waals surface area contributed by atoms with Gasteiger partial charge in [0.2, 0.25) is 0 Å². The van der Waals surface area contributed by atoms with E-state index in [0.29, 0.717) is 17.4 Å². The second-order valence-electron chi connectivity index (χ2n) is 8.42. The van der Waals surface area contributed by atoms with Crippen molar-refractivity contribution in [2.45, 2.75) is 38.4 Å². The van der Waals surface area contributed by atoms with Gasteiger partial charge >= 0.3 is 6.18 Å². The maximum atomic E-state index is 12.9. The molecule has 35 heavy (non-hydrogen) atoms. The highest BCUT2D eigenvalue weighted by atomic mass is 19.4. The first-order chi connectivity index (χ1) is 16.8. The van der Waals surface area contributed by atoms with E-state index < -0.39 is 11.7 Å². The van der Waals surface area contributed by atoms with Gasteiger partial charge in [-0.15, -0.1) is 0 Å². The topological polar surface area (TPSA) is 70.7 Å². The number of halogens is 3. The molecule has 0 saturated heterocycles. The number of rotatable bonds is 5. The third-order valence-corrected chi connectivity index (χ3v) is 5.99. The molecule has 3 aromatic heterocycles. The molecule has 7 nitrogen and oxygen atoms in total. The fourth-order valence-corrected chi connectivity index (χ4v) is 4.26. The summed E-state index contributed by atoms with van der Waals surface area (Å²) in [6.07, 6.45) is 6.27. The highest BCUT2D eigenvalue weighted by Crippen LogP contribution is 2.35. The Balaban J connectivity index is 1.38. The smallest absolute Gasteiger partial charge is 0.416 e. The van der Waals surface area contributed by atoms with Crippen molar-refractivity contribution in [3.8, 4) is 11.6 Å². The summed E-state index contributed by atoms with van der Waals surface area (Å²) in [6.45, 7) is 2.63. The van der Waals surface area contributed by atoms with E-state index in [-0.39, 0.29) is 5.92 Å². The normalized spacial score (nSPS) is 16.0. The Morgan fingerprint density at radius 1 is 1.11 bits per heavy atom. The van der Waals surface area contributed by atoms with Crippen molar-refractivity contribution in [3.63, 3.8) is 0 Å². The Bertz CT molecular complexity index is 1370. The number of methoxy groups -OCH3 is 1. The third-order valence-electron chi connectivity index (χ3n) is 5.99. The summed E-state index contributed by atoms with van der Waals surface area (Å²) in [4.78, 5) is 13.4. The van der Waals surface area contributed by atoms with Crippen molar-refractivity contribution in [3.05, 3.63) is 83.1 Å². The molecule has 0 N–H and O–H groups in total. The summed E-state index contributed by atoms with van der Waals surface area (Å²) >= 11 is 0. The van der Waals surface area contributed by atoms with Gasteiger partial charge in [0.1, 0.15) is 12.2 Å². The first kappa shape index (κ1) is 22.8. The fourth-order valence-electron chi connectivity index (χ4n) is 4.26. The molecule has 1 aliphatic heterocycles. The quantitative estimate of drug-likeness (QED) is 0.388. The summed E-state index contributed by atoms with van der Waals surface area (Å²) in [6, 6.07) is 7.19. The number of aromatic nitrogens is 6. The Morgan fingerprint density at radius 3 is 2.60 bits per heavy atom. The van der Waals surface area contributed by atoms with Crippen LogP contribution >= 0.6 is 0 Å². The van der Waals surface area contributed by atoms with Crippen LogP contribution in [0.1, 0.15) is 52.8 Å². The molecule has 0 amide bonds. The van der Waals surface area contributed by atoms with Crippen LogP contribution in [-0.2, 0) is 12.7 Å². The summed E-state index contributed by atoms with van der Waals surface area (Å²) in [5.74, 6) is 2.44. The van der Waals surface area contributed by atoms with Gasteiger partial charge in [-0.3, -0.25) is 4.57 Å². The highest BCUT2D eigenvalue weighted by molar-refractivity contribution is 5.67. The largest absolute Gasteiger partial charge is 0.493 e. The molecular weight excluding hydrogens is 457 g/mol. The second-order valence-corrected chi connectivity index (χ2v) is 8.42. The van der Waals surface area contributed by atoms with E-state index in [2.05, 4.69) is 20.1 Å². The lowest BCUT2D eigenvalue weighted by Crippen LogP contribution is -2.18. The van der Waals surface area contributed by atoms with Crippen molar-refractivity contribution in [1.29, 1.82) is 0 Å². The Labute approximate surface area is 199 Å². The van der Waals surface area contributed by atoms with Gasteiger partial charge in [0.15, 0.2) is 17.4 Å². The average Bonchev–Trinajstić information content (AvgIpc) is 3.47. The molecule has 0 fully saturated rings. The molecule has 1 atom stereocenters. The third kappa shape index (κ3) is 4.68. The lowest BCUT2D eigenvalue weighted by Gasteiger charge is -2.22. The number of imidazole rings is 1. The van der Waals surface area contributed by atoms with Gasteiger partial charge in [0.25, 0.3) is 0 Å². The molecule has 180 valence electrons. The summed E-state index contributed by atoms with van der Waals surface area (Å²) < 4.78 is 48.0. The number of fused-ring (bicyclic) bond motifs is 1. The highest BCUT2D eigenvalue weighted by Gasteiger charge is 2.31. The minimum atomic E-state index is -4.35. The standard InChI is InChI=1S/C25H23F3N6O/c1-16-14-33(15-30-16)24-21(35-2)12-17(13-29-24)5-10-22-31-23-20(4-3-11-34(23)32-22)18-6-8-19(9-7-18)25(26,27)28/h5-10,12-15,20H,3-4,11H2,1-2H3/t20-/m0/s1. The van der Waals surface area contributed by atoms with E-state index in [1.807, 2.05) is 29.9 Å². The Kier molecular flexibility index (Phi) is 5.88. The number of benzene rings is 1. The van der Waals surface area contributed by atoms with E-state index in [9.17, 15) is 13.2 Å². The molecule has 0 aliphatic carbocycles. The first-order valence-electron chi connectivity index (χ1n) is 11.2. The molecule has 0 spiro atoms. The zero-order valence-corrected chi connectivity index (χ0v) is 19.2. The monoisotopic (exact) mass is 480 g/mol. The van der Waals surface area contributed by atoms with Crippen molar-refractivity contribution in [2.75, 3.05) is 7.11 Å². The van der Waals surface area contributed by atoms with Gasteiger partial charge in [-0.1, -0.05) is 12.1 Å². The van der Waals surface area contributed by atoms with Gasteiger partial charge in [0, 0.05) is 24.9 Å². The van der Waals surface area contributed by atoms with E-state index in [4.69, 9.17) is 4.74 Å². The first-order valence-corrected chi connectivity index (χ1v) is 11.2. The number of hydrogen-bond acceptors (Lipinski definition) is 5. The zero-order valence-electron chi connectivity index (χ0n) is 19.2. The van der Waals surface area contributed by atoms with E-state index in [0.717, 1.165) is 54.2 Å². The van der Waals surface area contributed by atoms with Crippen molar-refractivity contribution >= 4 is 12.2 Å². The summed E-state index contributed by atoms with van der Waals surface area (Å²) in [5.41, 5.74) is 1.85. The van der Waals surface area contributed by atoms with Gasteiger partial charge in [0.05, 0.1) is 18.4 Å². The second kappa shape index (κ2) is 9.01. The van der Waals surface area contributed by atoms with Crippen LogP contribution in [0.15, 0.2) is 49.1 Å². The van der Waals surface area contributed by atoms with Crippen LogP contribution in [0.3, 0.4) is 0 Å². The maximum absolute atomic E-state index is 12.9. The lowest BCUT2D eigenvalue weighted by molar-refractivity contribution is -0.137. The summed E-state index contributed by atoms with van der Waals surface area (Å²) in [5, 5.41) is 4.58. The van der Waals surface area contributed by atoms with E-state index in [1.165, 1.54) is 12.1 Å². The maximum Gasteiger partial charge on any atom is 0.416 e. The van der Waals surface area contributed by atoms with Crippen LogP contribution in [0, 0.1) is 6.92 Å². The number of alkyl halides is 3. The molecular formula is C25H23F3N6O. The molecule has 1 aliphatic rings. The van der Waals surface area contributed by atoms with Crippen LogP contribution in [0.5, 0.6) is 5.75 Å². The number of pyridine rings is 1. The average molecular weight is 480 g/mol. The zero-order chi connectivity index (χ0) is 24.6. The van der Waals surface area contributed by atoms with Crippen molar-refractivity contribution in [2.24, 2.45) is 0 Å². The SMILES string of the molecule is COc1cc(C=Cc2nc3n(n2)CCC[C@H]3c2ccc(C(F)(F)F)cc2)cnc1-n1cnc(C)c1. The van der Waals surface area contributed by atoms with Crippen LogP contribution in [0.4, 0.5) is 13.2 Å².